The Labute approximate surface area is 158 Å². The van der Waals surface area contributed by atoms with Crippen LogP contribution in [0, 0.1) is 6.92 Å². The first-order valence-corrected chi connectivity index (χ1v) is 9.56. The minimum absolute atomic E-state index is 0.0741. The summed E-state index contributed by atoms with van der Waals surface area (Å²) in [6, 6.07) is 7.61. The molecule has 1 aromatic heterocycles. The molecule has 0 saturated heterocycles. The van der Waals surface area contributed by atoms with Crippen LogP contribution in [-0.2, 0) is 11.2 Å². The zero-order valence-electron chi connectivity index (χ0n) is 15.2. The maximum Gasteiger partial charge on any atom is 0.355 e. The number of hydrogen-bond donors (Lipinski definition) is 1. The molecule has 5 heteroatoms. The molecule has 0 radical (unpaired) electrons. The van der Waals surface area contributed by atoms with Crippen molar-refractivity contribution in [1.29, 1.82) is 0 Å². The Morgan fingerprint density at radius 1 is 1.23 bits per heavy atom. The van der Waals surface area contributed by atoms with Crippen molar-refractivity contribution in [2.45, 2.75) is 51.9 Å². The zero-order chi connectivity index (χ0) is 18.7. The fraction of sp³-hybridized carbons (Fsp3) is 0.429. The third-order valence-corrected chi connectivity index (χ3v) is 5.27. The second-order valence-electron chi connectivity index (χ2n) is 6.90. The molecule has 3 rings (SSSR count). The van der Waals surface area contributed by atoms with Crippen molar-refractivity contribution in [2.75, 3.05) is 6.61 Å². The smallest absolute Gasteiger partial charge is 0.355 e. The van der Waals surface area contributed by atoms with Crippen LogP contribution in [0.25, 0.3) is 0 Å². The molecule has 0 amide bonds. The lowest BCUT2D eigenvalue weighted by Gasteiger charge is -2.22. The lowest BCUT2D eigenvalue weighted by molar-refractivity contribution is 0.0491. The molecule has 0 aliphatic heterocycles. The van der Waals surface area contributed by atoms with Gasteiger partial charge < -0.3 is 9.72 Å². The van der Waals surface area contributed by atoms with Crippen molar-refractivity contribution in [3.05, 3.63) is 57.4 Å². The number of carbonyl (C=O) groups is 2. The van der Waals surface area contributed by atoms with Gasteiger partial charge >= 0.3 is 5.97 Å². The lowest BCUT2D eigenvalue weighted by atomic mass is 9.81. The van der Waals surface area contributed by atoms with E-state index in [9.17, 15) is 9.59 Å². The zero-order valence-corrected chi connectivity index (χ0v) is 16.0. The van der Waals surface area contributed by atoms with Crippen molar-refractivity contribution in [2.24, 2.45) is 0 Å². The molecule has 1 aromatic carbocycles. The van der Waals surface area contributed by atoms with Crippen molar-refractivity contribution in [3.8, 4) is 0 Å². The van der Waals surface area contributed by atoms with E-state index in [0.717, 1.165) is 30.5 Å². The summed E-state index contributed by atoms with van der Waals surface area (Å²) in [5.74, 6) is -0.201. The van der Waals surface area contributed by atoms with E-state index in [1.807, 2.05) is 31.2 Å². The number of carbonyl (C=O) groups excluding carboxylic acids is 2. The molecule has 0 saturated carbocycles. The van der Waals surface area contributed by atoms with Gasteiger partial charge in [0.2, 0.25) is 0 Å². The Morgan fingerprint density at radius 2 is 1.96 bits per heavy atom. The average molecular weight is 374 g/mol. The number of rotatable bonds is 6. The summed E-state index contributed by atoms with van der Waals surface area (Å²) < 4.78 is 5.35. The minimum atomic E-state index is -0.371. The van der Waals surface area contributed by atoms with Gasteiger partial charge in [-0.05, 0) is 48.9 Å². The number of ketones is 1. The molecule has 2 aromatic rings. The third-order valence-electron chi connectivity index (χ3n) is 5.02. The molecule has 1 N–H and O–H groups in total. The van der Waals surface area contributed by atoms with Crippen molar-refractivity contribution < 1.29 is 14.3 Å². The van der Waals surface area contributed by atoms with Gasteiger partial charge in [0.15, 0.2) is 5.78 Å². The van der Waals surface area contributed by atoms with Gasteiger partial charge in [0.1, 0.15) is 5.69 Å². The summed E-state index contributed by atoms with van der Waals surface area (Å²) >= 11 is 5.96. The molecule has 138 valence electrons. The highest BCUT2D eigenvalue weighted by Gasteiger charge is 2.32. The van der Waals surface area contributed by atoms with E-state index in [0.29, 0.717) is 41.3 Å². The van der Waals surface area contributed by atoms with E-state index >= 15 is 0 Å². The number of halogens is 1. The predicted molar refractivity (Wildman–Crippen MR) is 102 cm³/mol. The standard InChI is InChI=1S/C21H24ClNO3/c1-3-4-5-10-26-21(25)20-13(2)19-17(23-20)11-15(12-18(19)24)14-6-8-16(22)9-7-14/h6-9,15,23H,3-5,10-12H2,1-2H3. The van der Waals surface area contributed by atoms with E-state index in [1.54, 1.807) is 0 Å². The molecule has 1 unspecified atom stereocenters. The summed E-state index contributed by atoms with van der Waals surface area (Å²) in [5.41, 5.74) is 3.70. The predicted octanol–water partition coefficient (Wildman–Crippen LogP) is 5.24. The maximum atomic E-state index is 12.7. The Hall–Kier alpha value is -2.07. The van der Waals surface area contributed by atoms with Crippen LogP contribution in [0.3, 0.4) is 0 Å². The van der Waals surface area contributed by atoms with Crippen LogP contribution in [-0.4, -0.2) is 23.3 Å². The number of hydrogen-bond acceptors (Lipinski definition) is 3. The van der Waals surface area contributed by atoms with E-state index in [4.69, 9.17) is 16.3 Å². The number of nitrogens with one attached hydrogen (secondary N) is 1. The van der Waals surface area contributed by atoms with Gasteiger partial charge in [0.05, 0.1) is 6.61 Å². The molecule has 1 aliphatic carbocycles. The Kier molecular flexibility index (Phi) is 5.82. The number of Topliss-reactive ketones (excluding diaryl/α,β-unsaturated/α-hetero) is 1. The van der Waals surface area contributed by atoms with Crippen LogP contribution in [0.1, 0.15) is 76.2 Å². The monoisotopic (exact) mass is 373 g/mol. The highest BCUT2D eigenvalue weighted by molar-refractivity contribution is 6.30. The summed E-state index contributed by atoms with van der Waals surface area (Å²) in [7, 11) is 0. The van der Waals surface area contributed by atoms with Crippen LogP contribution < -0.4 is 0 Å². The summed E-state index contributed by atoms with van der Waals surface area (Å²) in [5, 5.41) is 0.681. The summed E-state index contributed by atoms with van der Waals surface area (Å²) in [6.07, 6.45) is 4.12. The highest BCUT2D eigenvalue weighted by atomic mass is 35.5. The SMILES string of the molecule is CCCCCOC(=O)c1[nH]c2c(c1C)C(=O)CC(c1ccc(Cl)cc1)C2. The lowest BCUT2D eigenvalue weighted by Crippen LogP contribution is -2.18. The molecule has 26 heavy (non-hydrogen) atoms. The van der Waals surface area contributed by atoms with Crippen LogP contribution >= 0.6 is 11.6 Å². The molecule has 0 spiro atoms. The van der Waals surface area contributed by atoms with Crippen LogP contribution in [0.5, 0.6) is 0 Å². The second-order valence-corrected chi connectivity index (χ2v) is 7.34. The van der Waals surface area contributed by atoms with Crippen molar-refractivity contribution >= 4 is 23.4 Å². The second kappa shape index (κ2) is 8.09. The largest absolute Gasteiger partial charge is 0.461 e. The molecule has 1 aliphatic rings. The number of ether oxygens (including phenoxy) is 1. The van der Waals surface area contributed by atoms with Crippen LogP contribution in [0.4, 0.5) is 0 Å². The number of esters is 1. The molecular formula is C21H24ClNO3. The molecule has 1 heterocycles. The number of H-pyrrole nitrogens is 1. The number of unbranched alkanes of at least 4 members (excludes halogenated alkanes) is 2. The number of benzene rings is 1. The quantitative estimate of drug-likeness (QED) is 0.556. The fourth-order valence-corrected chi connectivity index (χ4v) is 3.72. The van der Waals surface area contributed by atoms with Gasteiger partial charge in [0, 0.05) is 22.7 Å². The number of aromatic amines is 1. The first kappa shape index (κ1) is 18.7. The van der Waals surface area contributed by atoms with E-state index < -0.39 is 0 Å². The van der Waals surface area contributed by atoms with Crippen LogP contribution in [0.15, 0.2) is 24.3 Å². The Balaban J connectivity index is 1.78. The van der Waals surface area contributed by atoms with Crippen molar-refractivity contribution in [3.63, 3.8) is 0 Å². The van der Waals surface area contributed by atoms with Gasteiger partial charge in [0.25, 0.3) is 0 Å². The van der Waals surface area contributed by atoms with Gasteiger partial charge in [-0.25, -0.2) is 4.79 Å². The van der Waals surface area contributed by atoms with Crippen LogP contribution in [0.2, 0.25) is 5.02 Å². The summed E-state index contributed by atoms with van der Waals surface area (Å²) in [4.78, 5) is 28.2. The van der Waals surface area contributed by atoms with Gasteiger partial charge in [-0.3, -0.25) is 4.79 Å². The van der Waals surface area contributed by atoms with E-state index in [1.165, 1.54) is 0 Å². The fourth-order valence-electron chi connectivity index (χ4n) is 3.60. The topological polar surface area (TPSA) is 59.2 Å². The van der Waals surface area contributed by atoms with Crippen molar-refractivity contribution in [1.82, 2.24) is 4.98 Å². The molecule has 4 nitrogen and oxygen atoms in total. The summed E-state index contributed by atoms with van der Waals surface area (Å²) in [6.45, 7) is 4.34. The van der Waals surface area contributed by atoms with Gasteiger partial charge in [-0.1, -0.05) is 43.5 Å². The first-order chi connectivity index (χ1) is 12.5. The first-order valence-electron chi connectivity index (χ1n) is 9.18. The average Bonchev–Trinajstić information content (AvgIpc) is 2.96. The van der Waals surface area contributed by atoms with E-state index in [-0.39, 0.29) is 17.7 Å². The normalized spacial score (nSPS) is 16.4. The van der Waals surface area contributed by atoms with Gasteiger partial charge in [-0.2, -0.15) is 0 Å². The third kappa shape index (κ3) is 3.85. The molecule has 0 fully saturated rings. The van der Waals surface area contributed by atoms with Gasteiger partial charge in [-0.15, -0.1) is 0 Å². The minimum Gasteiger partial charge on any atom is -0.461 e. The number of fused-ring (bicyclic) bond motifs is 1. The Morgan fingerprint density at radius 3 is 2.65 bits per heavy atom. The molecular weight excluding hydrogens is 350 g/mol. The highest BCUT2D eigenvalue weighted by Crippen LogP contribution is 2.35. The number of aromatic nitrogens is 1. The Bertz CT molecular complexity index is 807. The molecule has 1 atom stereocenters. The molecule has 0 bridgehead atoms. The van der Waals surface area contributed by atoms with E-state index in [2.05, 4.69) is 11.9 Å². The maximum absolute atomic E-state index is 12.7.